The van der Waals surface area contributed by atoms with Crippen molar-refractivity contribution in [3.63, 3.8) is 0 Å². The number of carbonyl (C=O) groups is 2. The second kappa shape index (κ2) is 8.10. The molecule has 0 saturated carbocycles. The van der Waals surface area contributed by atoms with Gasteiger partial charge in [0, 0.05) is 25.4 Å². The van der Waals surface area contributed by atoms with Crippen molar-refractivity contribution >= 4 is 17.5 Å². The van der Waals surface area contributed by atoms with Crippen LogP contribution in [0.3, 0.4) is 0 Å². The molecule has 0 radical (unpaired) electrons. The fourth-order valence-electron chi connectivity index (χ4n) is 2.10. The smallest absolute Gasteiger partial charge is 0.255 e. The number of hydrogen-bond donors (Lipinski definition) is 2. The van der Waals surface area contributed by atoms with Gasteiger partial charge in [0.25, 0.3) is 5.91 Å². The summed E-state index contributed by atoms with van der Waals surface area (Å²) in [5.74, 6) is -0.217. The molecule has 0 aliphatic rings. The average molecular weight is 312 g/mol. The van der Waals surface area contributed by atoms with Crippen molar-refractivity contribution in [3.8, 4) is 0 Å². The van der Waals surface area contributed by atoms with Crippen LogP contribution in [0.25, 0.3) is 0 Å². The van der Waals surface area contributed by atoms with Crippen LogP contribution in [0, 0.1) is 0 Å². The van der Waals surface area contributed by atoms with Gasteiger partial charge in [-0.1, -0.05) is 24.3 Å². The molecule has 2 aromatic rings. The number of likely N-dealkylation sites (N-methyl/N-ethyl adjacent to an activating group) is 1. The summed E-state index contributed by atoms with van der Waals surface area (Å²) < 4.78 is 5.04. The number of benzene rings is 2. The standard InChI is InChI=1S/C18H20N2O3/c1-19-17(21)11-13-5-9-16(10-6-13)20-18(22)15-7-3-14(4-8-15)12-23-2/h3-10H,11-12H2,1-2H3,(H,19,21)(H,20,22). The minimum absolute atomic E-state index is 0.0436. The van der Waals surface area contributed by atoms with Gasteiger partial charge in [-0.3, -0.25) is 9.59 Å². The predicted molar refractivity (Wildman–Crippen MR) is 89.3 cm³/mol. The van der Waals surface area contributed by atoms with Gasteiger partial charge in [0.15, 0.2) is 0 Å². The third kappa shape index (κ3) is 4.93. The van der Waals surface area contributed by atoms with Crippen LogP contribution in [0.4, 0.5) is 5.69 Å². The Morgan fingerprint density at radius 1 is 0.957 bits per heavy atom. The van der Waals surface area contributed by atoms with E-state index < -0.39 is 0 Å². The van der Waals surface area contributed by atoms with Crippen LogP contribution in [0.5, 0.6) is 0 Å². The number of amides is 2. The highest BCUT2D eigenvalue weighted by atomic mass is 16.5. The molecule has 0 heterocycles. The molecule has 0 aliphatic heterocycles. The van der Waals surface area contributed by atoms with Crippen LogP contribution >= 0.6 is 0 Å². The van der Waals surface area contributed by atoms with Crippen LogP contribution in [0.1, 0.15) is 21.5 Å². The topological polar surface area (TPSA) is 67.4 Å². The predicted octanol–water partition coefficient (Wildman–Crippen LogP) is 2.37. The monoisotopic (exact) mass is 312 g/mol. The number of anilines is 1. The number of methoxy groups -OCH3 is 1. The van der Waals surface area contributed by atoms with Gasteiger partial charge in [-0.05, 0) is 35.4 Å². The van der Waals surface area contributed by atoms with E-state index in [1.807, 2.05) is 24.3 Å². The second-order valence-corrected chi connectivity index (χ2v) is 5.13. The maximum Gasteiger partial charge on any atom is 0.255 e. The van der Waals surface area contributed by atoms with E-state index in [1.54, 1.807) is 38.4 Å². The summed E-state index contributed by atoms with van der Waals surface area (Å²) in [5.41, 5.74) is 3.18. The van der Waals surface area contributed by atoms with E-state index >= 15 is 0 Å². The van der Waals surface area contributed by atoms with Gasteiger partial charge < -0.3 is 15.4 Å². The van der Waals surface area contributed by atoms with Crippen LogP contribution in [-0.2, 0) is 22.6 Å². The molecule has 23 heavy (non-hydrogen) atoms. The van der Waals surface area contributed by atoms with Crippen LogP contribution in [0.15, 0.2) is 48.5 Å². The van der Waals surface area contributed by atoms with Gasteiger partial charge in [0.1, 0.15) is 0 Å². The van der Waals surface area contributed by atoms with Crippen molar-refractivity contribution in [2.45, 2.75) is 13.0 Å². The lowest BCUT2D eigenvalue weighted by Crippen LogP contribution is -2.19. The van der Waals surface area contributed by atoms with Crippen molar-refractivity contribution < 1.29 is 14.3 Å². The Morgan fingerprint density at radius 2 is 1.57 bits per heavy atom. The van der Waals surface area contributed by atoms with Gasteiger partial charge in [-0.25, -0.2) is 0 Å². The van der Waals surface area contributed by atoms with Gasteiger partial charge in [0.05, 0.1) is 13.0 Å². The van der Waals surface area contributed by atoms with Crippen molar-refractivity contribution in [1.82, 2.24) is 5.32 Å². The first-order valence-electron chi connectivity index (χ1n) is 7.31. The summed E-state index contributed by atoms with van der Waals surface area (Å²) in [6.45, 7) is 0.523. The zero-order valence-corrected chi connectivity index (χ0v) is 13.3. The molecule has 2 rings (SSSR count). The molecular formula is C18H20N2O3. The van der Waals surface area contributed by atoms with Crippen molar-refractivity contribution in [2.75, 3.05) is 19.5 Å². The maximum absolute atomic E-state index is 12.2. The van der Waals surface area contributed by atoms with E-state index in [2.05, 4.69) is 10.6 Å². The Morgan fingerprint density at radius 3 is 2.13 bits per heavy atom. The quantitative estimate of drug-likeness (QED) is 0.860. The van der Waals surface area contributed by atoms with E-state index in [0.29, 0.717) is 24.3 Å². The van der Waals surface area contributed by atoms with E-state index in [4.69, 9.17) is 4.74 Å². The van der Waals surface area contributed by atoms with E-state index in [1.165, 1.54) is 0 Å². The summed E-state index contributed by atoms with van der Waals surface area (Å²) >= 11 is 0. The number of nitrogens with one attached hydrogen (secondary N) is 2. The number of rotatable bonds is 6. The summed E-state index contributed by atoms with van der Waals surface area (Å²) in [4.78, 5) is 23.5. The first kappa shape index (κ1) is 16.7. The highest BCUT2D eigenvalue weighted by Gasteiger charge is 2.07. The zero-order valence-electron chi connectivity index (χ0n) is 13.3. The molecule has 0 spiro atoms. The Kier molecular flexibility index (Phi) is 5.88. The molecule has 5 nitrogen and oxygen atoms in total. The Balaban J connectivity index is 1.98. The molecule has 2 N–H and O–H groups in total. The fourth-order valence-corrected chi connectivity index (χ4v) is 2.10. The van der Waals surface area contributed by atoms with Gasteiger partial charge >= 0.3 is 0 Å². The first-order chi connectivity index (χ1) is 11.1. The van der Waals surface area contributed by atoms with E-state index in [0.717, 1.165) is 11.1 Å². The molecule has 120 valence electrons. The summed E-state index contributed by atoms with van der Waals surface area (Å²) in [5, 5.41) is 5.41. The highest BCUT2D eigenvalue weighted by Crippen LogP contribution is 2.13. The lowest BCUT2D eigenvalue weighted by atomic mass is 10.1. The Hall–Kier alpha value is -2.66. The fraction of sp³-hybridized carbons (Fsp3) is 0.222. The first-order valence-corrected chi connectivity index (χ1v) is 7.31. The average Bonchev–Trinajstić information content (AvgIpc) is 2.57. The maximum atomic E-state index is 12.2. The summed E-state index contributed by atoms with van der Waals surface area (Å²) in [6.07, 6.45) is 0.325. The SMILES string of the molecule is CNC(=O)Cc1ccc(NC(=O)c2ccc(COC)cc2)cc1. The largest absolute Gasteiger partial charge is 0.380 e. The minimum atomic E-state index is -0.173. The van der Waals surface area contributed by atoms with Crippen molar-refractivity contribution in [2.24, 2.45) is 0 Å². The van der Waals surface area contributed by atoms with E-state index in [-0.39, 0.29) is 11.8 Å². The van der Waals surface area contributed by atoms with Crippen LogP contribution in [0.2, 0.25) is 0 Å². The molecule has 0 unspecified atom stereocenters. The third-order valence-electron chi connectivity index (χ3n) is 3.38. The van der Waals surface area contributed by atoms with Crippen LogP contribution in [-0.4, -0.2) is 26.0 Å². The molecule has 2 aromatic carbocycles. The lowest BCUT2D eigenvalue weighted by molar-refractivity contribution is -0.119. The molecule has 0 atom stereocenters. The van der Waals surface area contributed by atoms with Gasteiger partial charge in [-0.15, -0.1) is 0 Å². The minimum Gasteiger partial charge on any atom is -0.380 e. The highest BCUT2D eigenvalue weighted by molar-refractivity contribution is 6.04. The zero-order chi connectivity index (χ0) is 16.7. The third-order valence-corrected chi connectivity index (χ3v) is 3.38. The van der Waals surface area contributed by atoms with Gasteiger partial charge in [-0.2, -0.15) is 0 Å². The van der Waals surface area contributed by atoms with Crippen LogP contribution < -0.4 is 10.6 Å². The van der Waals surface area contributed by atoms with Crippen molar-refractivity contribution in [1.29, 1.82) is 0 Å². The lowest BCUT2D eigenvalue weighted by Gasteiger charge is -2.07. The molecule has 0 saturated heterocycles. The summed E-state index contributed by atoms with van der Waals surface area (Å²) in [7, 11) is 3.24. The second-order valence-electron chi connectivity index (χ2n) is 5.13. The normalized spacial score (nSPS) is 10.2. The Bertz CT molecular complexity index is 664. The number of ether oxygens (including phenoxy) is 1. The molecule has 0 aliphatic carbocycles. The molecule has 0 bridgehead atoms. The van der Waals surface area contributed by atoms with Crippen molar-refractivity contribution in [3.05, 3.63) is 65.2 Å². The number of carbonyl (C=O) groups excluding carboxylic acids is 2. The van der Waals surface area contributed by atoms with E-state index in [9.17, 15) is 9.59 Å². The molecule has 0 fully saturated rings. The molecule has 5 heteroatoms. The van der Waals surface area contributed by atoms with Gasteiger partial charge in [0.2, 0.25) is 5.91 Å². The summed E-state index contributed by atoms with van der Waals surface area (Å²) in [6, 6.07) is 14.5. The molecule has 0 aromatic heterocycles. The Labute approximate surface area is 135 Å². The molecular weight excluding hydrogens is 292 g/mol. The molecule has 2 amide bonds. The number of hydrogen-bond acceptors (Lipinski definition) is 3.